The van der Waals surface area contributed by atoms with Crippen molar-refractivity contribution in [1.82, 2.24) is 9.80 Å². The number of hydrogen-bond donors (Lipinski definition) is 0. The Labute approximate surface area is 267 Å². The third-order valence-corrected chi connectivity index (χ3v) is 9.59. The predicted molar refractivity (Wildman–Crippen MR) is 164 cm³/mol. The van der Waals surface area contributed by atoms with Crippen molar-refractivity contribution in [2.45, 2.75) is 22.4 Å². The van der Waals surface area contributed by atoms with E-state index in [0.717, 1.165) is 60.7 Å². The highest BCUT2D eigenvalue weighted by atomic mass is 35.5. The van der Waals surface area contributed by atoms with Crippen LogP contribution in [-0.2, 0) is 15.7 Å². The number of para-hydroxylation sites is 1. The van der Waals surface area contributed by atoms with Gasteiger partial charge in [0.1, 0.15) is 12.4 Å². The first-order valence-corrected chi connectivity index (χ1v) is 15.7. The molecule has 0 radical (unpaired) electrons. The molecular weight excluding hydrogens is 646 g/mol. The van der Waals surface area contributed by atoms with Crippen molar-refractivity contribution in [2.24, 2.45) is 0 Å². The zero-order valence-electron chi connectivity index (χ0n) is 23.0. The fourth-order valence-electron chi connectivity index (χ4n) is 5.02. The van der Waals surface area contributed by atoms with Crippen LogP contribution in [0, 0.1) is 0 Å². The number of esters is 1. The number of alkyl halides is 3. The monoisotopic (exact) mass is 673 g/mol. The van der Waals surface area contributed by atoms with E-state index >= 15 is 0 Å². The molecule has 6 nitrogen and oxygen atoms in total. The van der Waals surface area contributed by atoms with Gasteiger partial charge in [-0.15, -0.1) is 0 Å². The van der Waals surface area contributed by atoms with E-state index < -0.39 is 17.7 Å². The Hall–Kier alpha value is -2.34. The predicted octanol–water partition coefficient (Wildman–Crippen LogP) is 7.90. The van der Waals surface area contributed by atoms with E-state index in [4.69, 9.17) is 44.3 Å². The minimum Gasteiger partial charge on any atom is -0.482 e. The second-order valence-corrected chi connectivity index (χ2v) is 12.4. The Bertz CT molecular complexity index is 1430. The van der Waals surface area contributed by atoms with Gasteiger partial charge in [0.25, 0.3) is 0 Å². The third kappa shape index (κ3) is 8.23. The minimum absolute atomic E-state index is 0.221. The second-order valence-electron chi connectivity index (χ2n) is 10.1. The summed E-state index contributed by atoms with van der Waals surface area (Å²) >= 11 is 19.4. The topological polar surface area (TPSA) is 45.3 Å². The largest absolute Gasteiger partial charge is 0.482 e. The summed E-state index contributed by atoms with van der Waals surface area (Å²) in [6.07, 6.45) is -3.59. The first-order chi connectivity index (χ1) is 20.6. The summed E-state index contributed by atoms with van der Waals surface area (Å²) in [6, 6.07) is 14.8. The molecule has 0 spiro atoms. The van der Waals surface area contributed by atoms with Gasteiger partial charge in [0.2, 0.25) is 0 Å². The molecule has 0 amide bonds. The lowest BCUT2D eigenvalue weighted by Gasteiger charge is -2.36. The first kappa shape index (κ1) is 32.1. The number of piperazine rings is 1. The molecule has 2 aliphatic heterocycles. The Morgan fingerprint density at radius 1 is 0.837 bits per heavy atom. The number of benzene rings is 3. The molecule has 5 rings (SSSR count). The zero-order chi connectivity index (χ0) is 30.6. The maximum absolute atomic E-state index is 13.5. The lowest BCUT2D eigenvalue weighted by atomic mass is 10.1. The average Bonchev–Trinajstić information content (AvgIpc) is 2.98. The van der Waals surface area contributed by atoms with Crippen molar-refractivity contribution in [2.75, 3.05) is 63.9 Å². The van der Waals surface area contributed by atoms with Crippen molar-refractivity contribution in [3.05, 3.63) is 75.2 Å². The summed E-state index contributed by atoms with van der Waals surface area (Å²) in [5, 5.41) is 0.689. The molecule has 0 unspecified atom stereocenters. The normalized spacial score (nSPS) is 15.6. The minimum atomic E-state index is -4.39. The van der Waals surface area contributed by atoms with Crippen LogP contribution in [0.15, 0.2) is 64.4 Å². The van der Waals surface area contributed by atoms with Gasteiger partial charge < -0.3 is 19.3 Å². The molecule has 13 heteroatoms. The van der Waals surface area contributed by atoms with Crippen molar-refractivity contribution in [1.29, 1.82) is 0 Å². The average molecular weight is 675 g/mol. The van der Waals surface area contributed by atoms with Gasteiger partial charge >= 0.3 is 12.1 Å². The lowest BCUT2D eigenvalue weighted by molar-refractivity contribution is -0.146. The van der Waals surface area contributed by atoms with Gasteiger partial charge in [-0.3, -0.25) is 4.90 Å². The fraction of sp³-hybridized carbons (Fsp3) is 0.367. The Morgan fingerprint density at radius 3 is 2.19 bits per heavy atom. The number of ether oxygens (including phenoxy) is 2. The van der Waals surface area contributed by atoms with Gasteiger partial charge in [0, 0.05) is 61.2 Å². The summed E-state index contributed by atoms with van der Waals surface area (Å²) in [4.78, 5) is 20.6. The van der Waals surface area contributed by atoms with Gasteiger partial charge in [0.15, 0.2) is 6.61 Å². The van der Waals surface area contributed by atoms with Crippen LogP contribution >= 0.6 is 46.6 Å². The van der Waals surface area contributed by atoms with E-state index in [1.165, 1.54) is 30.0 Å². The van der Waals surface area contributed by atoms with E-state index in [9.17, 15) is 18.0 Å². The van der Waals surface area contributed by atoms with Crippen LogP contribution in [0.3, 0.4) is 0 Å². The van der Waals surface area contributed by atoms with Crippen LogP contribution in [0.25, 0.3) is 0 Å². The number of anilines is 2. The first-order valence-electron chi connectivity index (χ1n) is 13.7. The summed E-state index contributed by atoms with van der Waals surface area (Å²) in [5.41, 5.74) is 0.899. The molecule has 0 bridgehead atoms. The highest BCUT2D eigenvalue weighted by molar-refractivity contribution is 7.99. The third-order valence-electron chi connectivity index (χ3n) is 7.26. The number of carbonyl (C=O) groups excluding carboxylic acids is 1. The highest BCUT2D eigenvalue weighted by Gasteiger charge is 2.33. The second kappa shape index (κ2) is 14.2. The Morgan fingerprint density at radius 2 is 1.49 bits per heavy atom. The summed E-state index contributed by atoms with van der Waals surface area (Å²) in [5.74, 6) is -0.173. The van der Waals surface area contributed by atoms with E-state index in [1.54, 1.807) is 6.07 Å². The molecule has 2 heterocycles. The van der Waals surface area contributed by atoms with Crippen LogP contribution in [0.1, 0.15) is 12.0 Å². The number of carbonyl (C=O) groups is 1. The van der Waals surface area contributed by atoms with Gasteiger partial charge in [-0.1, -0.05) is 58.7 Å². The van der Waals surface area contributed by atoms with Gasteiger partial charge in [-0.05, 0) is 43.3 Å². The van der Waals surface area contributed by atoms with E-state index in [0.29, 0.717) is 24.5 Å². The molecule has 3 aromatic rings. The summed E-state index contributed by atoms with van der Waals surface area (Å²) in [7, 11) is 0. The number of halogens is 6. The maximum atomic E-state index is 13.5. The molecule has 0 aromatic heterocycles. The molecule has 3 aromatic carbocycles. The molecule has 0 saturated carbocycles. The van der Waals surface area contributed by atoms with Crippen molar-refractivity contribution >= 4 is 63.9 Å². The zero-order valence-corrected chi connectivity index (χ0v) is 26.1. The molecule has 0 aliphatic carbocycles. The Kier molecular flexibility index (Phi) is 10.6. The number of nitrogens with zero attached hydrogens (tertiary/aromatic N) is 3. The van der Waals surface area contributed by atoms with E-state index in [2.05, 4.69) is 9.80 Å². The molecule has 0 atom stereocenters. The highest BCUT2D eigenvalue weighted by Crippen LogP contribution is 2.49. The van der Waals surface area contributed by atoms with Crippen LogP contribution in [0.2, 0.25) is 15.1 Å². The number of fused-ring (bicyclic) bond motifs is 2. The lowest BCUT2D eigenvalue weighted by Crippen LogP contribution is -2.47. The van der Waals surface area contributed by atoms with Gasteiger partial charge in [-0.2, -0.15) is 13.2 Å². The van der Waals surface area contributed by atoms with Gasteiger partial charge in [-0.25, -0.2) is 4.79 Å². The van der Waals surface area contributed by atoms with E-state index in [1.807, 2.05) is 29.2 Å². The number of hydrogen-bond acceptors (Lipinski definition) is 7. The molecule has 1 saturated heterocycles. The molecule has 1 fully saturated rings. The molecular formula is C30H29Cl3F3N3O3S. The van der Waals surface area contributed by atoms with Crippen molar-refractivity contribution in [3.63, 3.8) is 0 Å². The maximum Gasteiger partial charge on any atom is 0.416 e. The quantitative estimate of drug-likeness (QED) is 0.160. The summed E-state index contributed by atoms with van der Waals surface area (Å²) in [6.45, 7) is 5.40. The molecule has 43 heavy (non-hydrogen) atoms. The Balaban J connectivity index is 1.05. The molecule has 230 valence electrons. The number of rotatable bonds is 10. The molecule has 0 N–H and O–H groups in total. The van der Waals surface area contributed by atoms with Crippen molar-refractivity contribution < 1.29 is 27.4 Å². The smallest absolute Gasteiger partial charge is 0.416 e. The van der Waals surface area contributed by atoms with Crippen LogP contribution in [-0.4, -0.2) is 74.8 Å². The van der Waals surface area contributed by atoms with Crippen LogP contribution < -0.4 is 9.64 Å². The van der Waals surface area contributed by atoms with Crippen molar-refractivity contribution in [3.8, 4) is 5.75 Å². The summed E-state index contributed by atoms with van der Waals surface area (Å²) < 4.78 is 51.2. The SMILES string of the molecule is O=C(COc1cc(Cl)c(Cl)c(Cl)c1)OCCN1CCN(CCCN2c3ccccc3Sc3ccc(C(F)(F)F)cc32)CC1. The van der Waals surface area contributed by atoms with Crippen LogP contribution in [0.4, 0.5) is 24.5 Å². The molecule has 2 aliphatic rings. The fourth-order valence-corrected chi connectivity index (χ4v) is 6.68. The van der Waals surface area contributed by atoms with E-state index in [-0.39, 0.29) is 28.3 Å². The standard InChI is InChI=1S/C30H29Cl3F3N3O3S/c31-22-17-21(18-23(32)29(22)33)42-19-28(40)41-15-14-38-12-10-37(11-13-38)8-3-9-39-24-4-1-2-5-26(24)43-27-7-6-20(16-25(27)39)30(34,35)36/h1-2,4-7,16-18H,3,8-15,19H2. The van der Waals surface area contributed by atoms with Gasteiger partial charge in [0.05, 0.1) is 32.0 Å². The van der Waals surface area contributed by atoms with Crippen LogP contribution in [0.5, 0.6) is 5.75 Å².